The number of nitrogens with zero attached hydrogens (tertiary/aromatic N) is 2. The van der Waals surface area contributed by atoms with Crippen LogP contribution in [-0.4, -0.2) is 43.6 Å². The summed E-state index contributed by atoms with van der Waals surface area (Å²) in [6.07, 6.45) is 3.35. The van der Waals surface area contributed by atoms with E-state index in [-0.39, 0.29) is 16.5 Å². The van der Waals surface area contributed by atoms with E-state index in [2.05, 4.69) is 29.4 Å². The Morgan fingerprint density at radius 2 is 2.07 bits per heavy atom. The Morgan fingerprint density at radius 3 is 2.70 bits per heavy atom. The second-order valence-electron chi connectivity index (χ2n) is 8.23. The van der Waals surface area contributed by atoms with Gasteiger partial charge in [-0.25, -0.2) is 0 Å². The molecule has 1 aromatic carbocycles. The van der Waals surface area contributed by atoms with E-state index < -0.39 is 0 Å². The first-order valence-corrected chi connectivity index (χ1v) is 9.96. The average Bonchev–Trinajstić information content (AvgIpc) is 2.65. The lowest BCUT2D eigenvalue weighted by atomic mass is 9.91. The van der Waals surface area contributed by atoms with Gasteiger partial charge in [0.05, 0.1) is 4.92 Å². The van der Waals surface area contributed by atoms with Gasteiger partial charge < -0.3 is 15.5 Å². The van der Waals surface area contributed by atoms with Crippen LogP contribution in [0.2, 0.25) is 0 Å². The Balaban J connectivity index is 1.72. The summed E-state index contributed by atoms with van der Waals surface area (Å²) in [5.74, 6) is 1.18. The van der Waals surface area contributed by atoms with E-state index in [1.807, 2.05) is 0 Å². The quantitative estimate of drug-likeness (QED) is 0.611. The molecule has 3 unspecified atom stereocenters. The fourth-order valence-corrected chi connectivity index (χ4v) is 4.38. The molecule has 2 heterocycles. The topological polar surface area (TPSA) is 87.5 Å². The minimum atomic E-state index is -0.374. The van der Waals surface area contributed by atoms with Gasteiger partial charge in [0, 0.05) is 31.3 Å². The summed E-state index contributed by atoms with van der Waals surface area (Å²) < 4.78 is 0. The van der Waals surface area contributed by atoms with Crippen molar-refractivity contribution in [3.63, 3.8) is 0 Å². The fraction of sp³-hybridized carbons (Fsp3) is 0.650. The SMILES string of the molecule is CC1CC(C)CN(c2ccc(C(=O)NCC3CCCNC3)cc2[N+](=O)[O-])C1. The van der Waals surface area contributed by atoms with Crippen molar-refractivity contribution in [2.45, 2.75) is 33.1 Å². The van der Waals surface area contributed by atoms with Crippen molar-refractivity contribution >= 4 is 17.3 Å². The number of carbonyl (C=O) groups excluding carboxylic acids is 1. The van der Waals surface area contributed by atoms with Crippen LogP contribution in [0.25, 0.3) is 0 Å². The number of piperidine rings is 2. The van der Waals surface area contributed by atoms with Crippen molar-refractivity contribution in [1.29, 1.82) is 0 Å². The maximum Gasteiger partial charge on any atom is 0.293 e. The zero-order chi connectivity index (χ0) is 19.4. The number of nitrogens with one attached hydrogen (secondary N) is 2. The molecule has 0 aliphatic carbocycles. The van der Waals surface area contributed by atoms with Gasteiger partial charge in [-0.05, 0) is 62.2 Å². The lowest BCUT2D eigenvalue weighted by molar-refractivity contribution is -0.384. The molecule has 7 nitrogen and oxygen atoms in total. The molecular weight excluding hydrogens is 344 g/mol. The first-order chi connectivity index (χ1) is 12.9. The van der Waals surface area contributed by atoms with E-state index in [1.165, 1.54) is 6.07 Å². The molecule has 7 heteroatoms. The molecular formula is C20H30N4O3. The Labute approximate surface area is 160 Å². The predicted octanol–water partition coefficient (Wildman–Crippen LogP) is 2.81. The van der Waals surface area contributed by atoms with Crippen LogP contribution in [0.3, 0.4) is 0 Å². The normalized spacial score (nSPS) is 25.9. The number of amides is 1. The standard InChI is InChI=1S/C20H30N4O3/c1-14-8-15(2)13-23(12-14)18-6-5-17(9-19(18)24(26)27)20(25)22-11-16-4-3-7-21-10-16/h5-6,9,14-16,21H,3-4,7-8,10-13H2,1-2H3,(H,22,25). The molecule has 0 radical (unpaired) electrons. The van der Waals surface area contributed by atoms with Gasteiger partial charge in [0.15, 0.2) is 0 Å². The molecule has 3 rings (SSSR count). The summed E-state index contributed by atoms with van der Waals surface area (Å²) >= 11 is 0. The number of rotatable bonds is 5. The third-order valence-corrected chi connectivity index (χ3v) is 5.59. The average molecular weight is 374 g/mol. The molecule has 2 fully saturated rings. The van der Waals surface area contributed by atoms with Crippen molar-refractivity contribution in [2.75, 3.05) is 37.6 Å². The van der Waals surface area contributed by atoms with Gasteiger partial charge in [0.1, 0.15) is 5.69 Å². The third kappa shape index (κ3) is 4.97. The van der Waals surface area contributed by atoms with Crippen molar-refractivity contribution < 1.29 is 9.72 Å². The summed E-state index contributed by atoms with van der Waals surface area (Å²) in [5.41, 5.74) is 0.988. The lowest BCUT2D eigenvalue weighted by Gasteiger charge is -2.36. The number of nitro groups is 1. The number of anilines is 1. The van der Waals surface area contributed by atoms with Crippen molar-refractivity contribution in [1.82, 2.24) is 10.6 Å². The minimum absolute atomic E-state index is 0.0169. The minimum Gasteiger partial charge on any atom is -0.365 e. The highest BCUT2D eigenvalue weighted by Crippen LogP contribution is 2.33. The molecule has 1 amide bonds. The largest absolute Gasteiger partial charge is 0.365 e. The van der Waals surface area contributed by atoms with Crippen LogP contribution in [0.5, 0.6) is 0 Å². The van der Waals surface area contributed by atoms with Crippen LogP contribution in [0.1, 0.15) is 43.5 Å². The van der Waals surface area contributed by atoms with Gasteiger partial charge in [-0.3, -0.25) is 14.9 Å². The van der Waals surface area contributed by atoms with Crippen molar-refractivity contribution in [2.24, 2.45) is 17.8 Å². The van der Waals surface area contributed by atoms with Gasteiger partial charge in [-0.2, -0.15) is 0 Å². The first-order valence-electron chi connectivity index (χ1n) is 9.96. The molecule has 2 saturated heterocycles. The van der Waals surface area contributed by atoms with Crippen LogP contribution in [-0.2, 0) is 0 Å². The number of hydrogen-bond acceptors (Lipinski definition) is 5. The number of nitro benzene ring substituents is 1. The molecule has 0 bridgehead atoms. The van der Waals surface area contributed by atoms with Crippen molar-refractivity contribution in [3.05, 3.63) is 33.9 Å². The second-order valence-corrected chi connectivity index (χ2v) is 8.23. The Kier molecular flexibility index (Phi) is 6.31. The summed E-state index contributed by atoms with van der Waals surface area (Å²) in [5, 5.41) is 17.9. The highest BCUT2D eigenvalue weighted by molar-refractivity contribution is 5.95. The first kappa shape index (κ1) is 19.6. The highest BCUT2D eigenvalue weighted by atomic mass is 16.6. The molecule has 2 aliphatic heterocycles. The molecule has 0 spiro atoms. The van der Waals surface area contributed by atoms with E-state index in [0.717, 1.165) is 45.4 Å². The maximum absolute atomic E-state index is 12.5. The smallest absolute Gasteiger partial charge is 0.293 e. The Morgan fingerprint density at radius 1 is 1.33 bits per heavy atom. The van der Waals surface area contributed by atoms with Crippen LogP contribution in [0, 0.1) is 27.9 Å². The van der Waals surface area contributed by atoms with Crippen LogP contribution < -0.4 is 15.5 Å². The molecule has 3 atom stereocenters. The Hall–Kier alpha value is -2.15. The number of hydrogen-bond donors (Lipinski definition) is 2. The number of carbonyl (C=O) groups is 1. The third-order valence-electron chi connectivity index (χ3n) is 5.59. The lowest BCUT2D eigenvalue weighted by Crippen LogP contribution is -2.39. The van der Waals surface area contributed by atoms with E-state index in [9.17, 15) is 14.9 Å². The van der Waals surface area contributed by atoms with E-state index in [4.69, 9.17) is 0 Å². The summed E-state index contributed by atoms with van der Waals surface area (Å²) in [6, 6.07) is 4.87. The molecule has 0 saturated carbocycles. The monoisotopic (exact) mass is 374 g/mol. The molecule has 0 aromatic heterocycles. The summed E-state index contributed by atoms with van der Waals surface area (Å²) in [4.78, 5) is 25.8. The van der Waals surface area contributed by atoms with Gasteiger partial charge in [-0.15, -0.1) is 0 Å². The van der Waals surface area contributed by atoms with Crippen LogP contribution in [0.4, 0.5) is 11.4 Å². The van der Waals surface area contributed by atoms with Gasteiger partial charge in [-0.1, -0.05) is 13.8 Å². The highest BCUT2D eigenvalue weighted by Gasteiger charge is 2.28. The van der Waals surface area contributed by atoms with Crippen LogP contribution >= 0.6 is 0 Å². The van der Waals surface area contributed by atoms with Crippen LogP contribution in [0.15, 0.2) is 18.2 Å². The molecule has 2 aliphatic rings. The zero-order valence-corrected chi connectivity index (χ0v) is 16.2. The maximum atomic E-state index is 12.5. The van der Waals surface area contributed by atoms with Gasteiger partial charge in [0.25, 0.3) is 11.6 Å². The van der Waals surface area contributed by atoms with Gasteiger partial charge >= 0.3 is 0 Å². The van der Waals surface area contributed by atoms with Crippen molar-refractivity contribution in [3.8, 4) is 0 Å². The fourth-order valence-electron chi connectivity index (χ4n) is 4.38. The summed E-state index contributed by atoms with van der Waals surface area (Å²) in [6.45, 7) is 8.52. The Bertz CT molecular complexity index is 678. The predicted molar refractivity (Wildman–Crippen MR) is 106 cm³/mol. The second kappa shape index (κ2) is 8.69. The van der Waals surface area contributed by atoms with E-state index in [1.54, 1.807) is 12.1 Å². The van der Waals surface area contributed by atoms with Gasteiger partial charge in [0.2, 0.25) is 0 Å². The van der Waals surface area contributed by atoms with E-state index in [0.29, 0.717) is 35.5 Å². The molecule has 148 valence electrons. The van der Waals surface area contributed by atoms with E-state index >= 15 is 0 Å². The molecule has 27 heavy (non-hydrogen) atoms. The molecule has 1 aromatic rings. The molecule has 2 N–H and O–H groups in total. The zero-order valence-electron chi connectivity index (χ0n) is 16.2. The number of benzene rings is 1. The summed E-state index contributed by atoms with van der Waals surface area (Å²) in [7, 11) is 0.